The van der Waals surface area contributed by atoms with E-state index in [1.54, 1.807) is 0 Å². The van der Waals surface area contributed by atoms with Crippen molar-refractivity contribution in [2.45, 2.75) is 32.1 Å². The van der Waals surface area contributed by atoms with Crippen molar-refractivity contribution >= 4 is 5.91 Å². The second-order valence-corrected chi connectivity index (χ2v) is 5.46. The number of ether oxygens (including phenoxy) is 1. The van der Waals surface area contributed by atoms with Crippen LogP contribution in [0, 0.1) is 0 Å². The van der Waals surface area contributed by atoms with Crippen LogP contribution < -0.4 is 11.3 Å². The minimum Gasteiger partial charge on any atom is -0.394 e. The van der Waals surface area contributed by atoms with E-state index in [2.05, 4.69) is 10.3 Å². The lowest BCUT2D eigenvalue weighted by Crippen LogP contribution is -2.47. The fourth-order valence-electron chi connectivity index (χ4n) is 2.72. The Hall–Kier alpha value is -1.47. The van der Waals surface area contributed by atoms with Gasteiger partial charge in [0.1, 0.15) is 0 Å². The molecule has 1 aromatic rings. The lowest BCUT2D eigenvalue weighted by Gasteiger charge is -2.36. The third-order valence-corrected chi connectivity index (χ3v) is 3.63. The molecule has 1 aliphatic heterocycles. The monoisotopic (exact) mass is 293 g/mol. The molecule has 6 heteroatoms. The Bertz CT molecular complexity index is 481. The van der Waals surface area contributed by atoms with Crippen LogP contribution in [0.25, 0.3) is 0 Å². The molecule has 21 heavy (non-hydrogen) atoms. The Labute approximate surface area is 124 Å². The predicted molar refractivity (Wildman–Crippen MR) is 79.2 cm³/mol. The van der Waals surface area contributed by atoms with Gasteiger partial charge in [0.2, 0.25) is 5.91 Å². The van der Waals surface area contributed by atoms with Crippen molar-refractivity contribution in [3.63, 3.8) is 0 Å². The van der Waals surface area contributed by atoms with Crippen molar-refractivity contribution < 1.29 is 14.6 Å². The second-order valence-electron chi connectivity index (χ2n) is 5.46. The Morgan fingerprint density at radius 1 is 1.43 bits per heavy atom. The number of nitrogens with zero attached hydrogens (tertiary/aromatic N) is 1. The number of morpholine rings is 1. The highest BCUT2D eigenvalue weighted by Gasteiger charge is 2.25. The molecule has 1 saturated heterocycles. The number of aliphatic hydroxyl groups is 1. The summed E-state index contributed by atoms with van der Waals surface area (Å²) in [6, 6.07) is 7.85. The first-order chi connectivity index (χ1) is 10.1. The molecule has 1 heterocycles. The highest BCUT2D eigenvalue weighted by atomic mass is 16.5. The van der Waals surface area contributed by atoms with Crippen molar-refractivity contribution in [3.05, 3.63) is 35.4 Å². The molecule has 6 nitrogen and oxygen atoms in total. The fraction of sp³-hybridized carbons (Fsp3) is 0.533. The molecule has 1 aromatic carbocycles. The Morgan fingerprint density at radius 3 is 2.81 bits per heavy atom. The van der Waals surface area contributed by atoms with E-state index in [9.17, 15) is 9.90 Å². The summed E-state index contributed by atoms with van der Waals surface area (Å²) in [7, 11) is 0. The molecule has 2 rings (SSSR count). The topological polar surface area (TPSA) is 87.8 Å². The number of benzene rings is 1. The molecule has 4 N–H and O–H groups in total. The third kappa shape index (κ3) is 4.50. The molecular formula is C15H23N3O3. The maximum absolute atomic E-state index is 11.5. The molecule has 1 amide bonds. The minimum absolute atomic E-state index is 0.0259. The first-order valence-electron chi connectivity index (χ1n) is 7.17. The zero-order chi connectivity index (χ0) is 15.2. The van der Waals surface area contributed by atoms with Gasteiger partial charge in [0, 0.05) is 19.6 Å². The minimum atomic E-state index is -0.203. The first-order valence-corrected chi connectivity index (χ1v) is 7.17. The fourth-order valence-corrected chi connectivity index (χ4v) is 2.72. The van der Waals surface area contributed by atoms with Crippen LogP contribution in [-0.4, -0.2) is 47.8 Å². The van der Waals surface area contributed by atoms with Crippen molar-refractivity contribution in [2.75, 3.05) is 19.7 Å². The summed E-state index contributed by atoms with van der Waals surface area (Å²) in [5.74, 6) is 4.95. The molecule has 1 fully saturated rings. The summed E-state index contributed by atoms with van der Waals surface area (Å²) in [6.45, 7) is 4.27. The summed E-state index contributed by atoms with van der Waals surface area (Å²) < 4.78 is 5.64. The lowest BCUT2D eigenvalue weighted by atomic mass is 10.0. The van der Waals surface area contributed by atoms with Gasteiger partial charge in [0.15, 0.2) is 0 Å². The van der Waals surface area contributed by atoms with Gasteiger partial charge in [-0.3, -0.25) is 15.1 Å². The van der Waals surface area contributed by atoms with Gasteiger partial charge in [-0.2, -0.15) is 0 Å². The number of aliphatic hydroxyl groups excluding tert-OH is 1. The van der Waals surface area contributed by atoms with Gasteiger partial charge in [0.05, 0.1) is 25.2 Å². The van der Waals surface area contributed by atoms with E-state index in [1.807, 2.05) is 31.2 Å². The maximum atomic E-state index is 11.5. The summed E-state index contributed by atoms with van der Waals surface area (Å²) in [6.07, 6.45) is 0.222. The van der Waals surface area contributed by atoms with Crippen LogP contribution in [0.5, 0.6) is 0 Å². The van der Waals surface area contributed by atoms with E-state index in [4.69, 9.17) is 10.6 Å². The van der Waals surface area contributed by atoms with Crippen molar-refractivity contribution in [3.8, 4) is 0 Å². The van der Waals surface area contributed by atoms with Crippen LogP contribution in [0.15, 0.2) is 24.3 Å². The largest absolute Gasteiger partial charge is 0.394 e. The molecule has 1 aliphatic rings. The maximum Gasteiger partial charge on any atom is 0.238 e. The summed E-state index contributed by atoms with van der Waals surface area (Å²) in [5, 5.41) is 9.28. The standard InChI is InChI=1S/C15H23N3O3/c1-11-7-18(9-14(10-19)21-11)8-13-5-3-2-4-12(13)6-15(20)17-16/h2-5,11,14,19H,6-10,16H2,1H3,(H,17,20). The van der Waals surface area contributed by atoms with Crippen LogP contribution in [0.2, 0.25) is 0 Å². The van der Waals surface area contributed by atoms with Gasteiger partial charge in [0.25, 0.3) is 0 Å². The number of nitrogens with two attached hydrogens (primary N) is 1. The van der Waals surface area contributed by atoms with Crippen LogP contribution in [0.1, 0.15) is 18.1 Å². The molecule has 0 saturated carbocycles. The van der Waals surface area contributed by atoms with Gasteiger partial charge < -0.3 is 9.84 Å². The molecule has 2 atom stereocenters. The Balaban J connectivity index is 2.06. The van der Waals surface area contributed by atoms with Crippen LogP contribution in [0.3, 0.4) is 0 Å². The quantitative estimate of drug-likeness (QED) is 0.397. The SMILES string of the molecule is CC1CN(Cc2ccccc2CC(=O)NN)CC(CO)O1. The smallest absolute Gasteiger partial charge is 0.238 e. The number of carbonyl (C=O) groups is 1. The van der Waals surface area contributed by atoms with E-state index in [0.717, 1.165) is 24.2 Å². The molecule has 0 spiro atoms. The normalized spacial score (nSPS) is 23.0. The molecule has 0 aromatic heterocycles. The number of amides is 1. The van der Waals surface area contributed by atoms with Gasteiger partial charge in [-0.1, -0.05) is 24.3 Å². The van der Waals surface area contributed by atoms with E-state index < -0.39 is 0 Å². The second kappa shape index (κ2) is 7.51. The molecular weight excluding hydrogens is 270 g/mol. The zero-order valence-corrected chi connectivity index (χ0v) is 12.3. The van der Waals surface area contributed by atoms with Crippen LogP contribution >= 0.6 is 0 Å². The van der Waals surface area contributed by atoms with E-state index >= 15 is 0 Å². The number of rotatable bonds is 5. The van der Waals surface area contributed by atoms with Crippen molar-refractivity contribution in [1.29, 1.82) is 0 Å². The summed E-state index contributed by atoms with van der Waals surface area (Å²) in [5.41, 5.74) is 4.24. The number of carbonyl (C=O) groups excluding carboxylic acids is 1. The molecule has 0 radical (unpaired) electrons. The highest BCUT2D eigenvalue weighted by molar-refractivity contribution is 5.78. The van der Waals surface area contributed by atoms with Gasteiger partial charge in [-0.15, -0.1) is 0 Å². The van der Waals surface area contributed by atoms with Crippen LogP contribution in [-0.2, 0) is 22.5 Å². The van der Waals surface area contributed by atoms with Gasteiger partial charge in [-0.25, -0.2) is 5.84 Å². The Morgan fingerprint density at radius 2 is 2.14 bits per heavy atom. The molecule has 0 aliphatic carbocycles. The summed E-state index contributed by atoms with van der Waals surface area (Å²) >= 11 is 0. The first kappa shape index (κ1) is 15.9. The summed E-state index contributed by atoms with van der Waals surface area (Å²) in [4.78, 5) is 13.7. The zero-order valence-electron chi connectivity index (χ0n) is 12.3. The number of hydrogen-bond acceptors (Lipinski definition) is 5. The molecule has 2 unspecified atom stereocenters. The molecule has 0 bridgehead atoms. The average molecular weight is 293 g/mol. The van der Waals surface area contributed by atoms with Crippen molar-refractivity contribution in [1.82, 2.24) is 10.3 Å². The molecule has 116 valence electrons. The number of hydrogen-bond donors (Lipinski definition) is 3. The van der Waals surface area contributed by atoms with E-state index in [1.165, 1.54) is 0 Å². The van der Waals surface area contributed by atoms with Crippen molar-refractivity contribution in [2.24, 2.45) is 5.84 Å². The van der Waals surface area contributed by atoms with Crippen LogP contribution in [0.4, 0.5) is 0 Å². The number of nitrogens with one attached hydrogen (secondary N) is 1. The van der Waals surface area contributed by atoms with Gasteiger partial charge >= 0.3 is 0 Å². The van der Waals surface area contributed by atoms with Gasteiger partial charge in [-0.05, 0) is 18.1 Å². The Kier molecular flexibility index (Phi) is 5.69. The van der Waals surface area contributed by atoms with E-state index in [0.29, 0.717) is 6.54 Å². The average Bonchev–Trinajstić information content (AvgIpc) is 2.48. The highest BCUT2D eigenvalue weighted by Crippen LogP contribution is 2.17. The predicted octanol–water partition coefficient (Wildman–Crippen LogP) is -0.199. The third-order valence-electron chi connectivity index (χ3n) is 3.63. The van der Waals surface area contributed by atoms with E-state index in [-0.39, 0.29) is 31.1 Å². The lowest BCUT2D eigenvalue weighted by molar-refractivity contribution is -0.120. The number of hydrazine groups is 1.